The van der Waals surface area contributed by atoms with Crippen LogP contribution in [0.5, 0.6) is 0 Å². The van der Waals surface area contributed by atoms with Crippen LogP contribution in [-0.2, 0) is 0 Å². The molecule has 1 aromatic heterocycles. The fourth-order valence-corrected chi connectivity index (χ4v) is 2.41. The van der Waals surface area contributed by atoms with E-state index in [2.05, 4.69) is 31.7 Å². The molecule has 5 nitrogen and oxygen atoms in total. The van der Waals surface area contributed by atoms with Gasteiger partial charge in [-0.3, -0.25) is 4.79 Å². The highest BCUT2D eigenvalue weighted by Gasteiger charge is 2.16. The standard InChI is InChI=1S/C14H14BrClN4O/c1-8(9-3-2-4-10(15)7-9)18-14(21)13-11(16)5-6-12(19-13)20-17/h2-8H,17H2,1H3,(H,18,21)(H,19,20). The largest absolute Gasteiger partial charge is 0.344 e. The van der Waals surface area contributed by atoms with Crippen LogP contribution in [0, 0.1) is 0 Å². The molecular formula is C14H14BrClN4O. The normalized spacial score (nSPS) is 11.8. The summed E-state index contributed by atoms with van der Waals surface area (Å²) in [7, 11) is 0. The Bertz CT molecular complexity index is 665. The van der Waals surface area contributed by atoms with E-state index in [4.69, 9.17) is 17.4 Å². The van der Waals surface area contributed by atoms with Gasteiger partial charge in [-0.25, -0.2) is 10.8 Å². The molecule has 0 aliphatic heterocycles. The van der Waals surface area contributed by atoms with E-state index in [0.29, 0.717) is 5.82 Å². The van der Waals surface area contributed by atoms with Gasteiger partial charge in [-0.15, -0.1) is 0 Å². The Hall–Kier alpha value is -1.63. The zero-order valence-corrected chi connectivity index (χ0v) is 13.6. The van der Waals surface area contributed by atoms with Crippen molar-refractivity contribution in [3.8, 4) is 0 Å². The molecular weight excluding hydrogens is 356 g/mol. The summed E-state index contributed by atoms with van der Waals surface area (Å²) in [4.78, 5) is 16.3. The lowest BCUT2D eigenvalue weighted by Crippen LogP contribution is -2.28. The van der Waals surface area contributed by atoms with Gasteiger partial charge < -0.3 is 10.7 Å². The molecule has 0 aliphatic carbocycles. The average Bonchev–Trinajstić information content (AvgIpc) is 2.47. The van der Waals surface area contributed by atoms with Crippen LogP contribution in [-0.4, -0.2) is 10.9 Å². The molecule has 0 saturated carbocycles. The first kappa shape index (κ1) is 15.8. The third-order valence-electron chi connectivity index (χ3n) is 2.91. The third-order valence-corrected chi connectivity index (χ3v) is 3.70. The second-order valence-electron chi connectivity index (χ2n) is 4.42. The van der Waals surface area contributed by atoms with Gasteiger partial charge in [-0.2, -0.15) is 0 Å². The van der Waals surface area contributed by atoms with E-state index in [9.17, 15) is 4.79 Å². The number of nitrogen functional groups attached to an aromatic ring is 1. The summed E-state index contributed by atoms with van der Waals surface area (Å²) in [6, 6.07) is 10.7. The van der Waals surface area contributed by atoms with Gasteiger partial charge in [-0.1, -0.05) is 39.7 Å². The molecule has 110 valence electrons. The van der Waals surface area contributed by atoms with Crippen molar-refractivity contribution in [2.24, 2.45) is 5.84 Å². The lowest BCUT2D eigenvalue weighted by atomic mass is 10.1. The van der Waals surface area contributed by atoms with Crippen LogP contribution in [0.3, 0.4) is 0 Å². The van der Waals surface area contributed by atoms with Gasteiger partial charge in [0.25, 0.3) is 5.91 Å². The molecule has 2 aromatic rings. The maximum absolute atomic E-state index is 12.3. The highest BCUT2D eigenvalue weighted by atomic mass is 79.9. The molecule has 1 atom stereocenters. The molecule has 7 heteroatoms. The van der Waals surface area contributed by atoms with E-state index >= 15 is 0 Å². The first-order chi connectivity index (χ1) is 10.0. The van der Waals surface area contributed by atoms with Crippen molar-refractivity contribution in [3.05, 3.63) is 57.2 Å². The molecule has 0 radical (unpaired) electrons. The van der Waals surface area contributed by atoms with Crippen molar-refractivity contribution in [2.75, 3.05) is 5.43 Å². The van der Waals surface area contributed by atoms with Crippen LogP contribution < -0.4 is 16.6 Å². The highest BCUT2D eigenvalue weighted by molar-refractivity contribution is 9.10. The van der Waals surface area contributed by atoms with Crippen molar-refractivity contribution in [1.82, 2.24) is 10.3 Å². The molecule has 1 aromatic carbocycles. The van der Waals surface area contributed by atoms with Gasteiger partial charge >= 0.3 is 0 Å². The SMILES string of the molecule is CC(NC(=O)c1nc(NN)ccc1Cl)c1cccc(Br)c1. The van der Waals surface area contributed by atoms with Crippen molar-refractivity contribution < 1.29 is 4.79 Å². The molecule has 4 N–H and O–H groups in total. The van der Waals surface area contributed by atoms with E-state index < -0.39 is 0 Å². The fourth-order valence-electron chi connectivity index (χ4n) is 1.81. The number of pyridine rings is 1. The van der Waals surface area contributed by atoms with Crippen molar-refractivity contribution in [1.29, 1.82) is 0 Å². The number of nitrogens with one attached hydrogen (secondary N) is 2. The number of hydrazine groups is 1. The van der Waals surface area contributed by atoms with Gasteiger partial charge in [0.1, 0.15) is 11.5 Å². The van der Waals surface area contributed by atoms with E-state index in [1.54, 1.807) is 12.1 Å². The van der Waals surface area contributed by atoms with Gasteiger partial charge in [-0.05, 0) is 36.8 Å². The van der Waals surface area contributed by atoms with Gasteiger partial charge in [0.2, 0.25) is 0 Å². The predicted octanol–water partition coefficient (Wildman–Crippen LogP) is 3.27. The third kappa shape index (κ3) is 3.93. The lowest BCUT2D eigenvalue weighted by Gasteiger charge is -2.15. The summed E-state index contributed by atoms with van der Waals surface area (Å²) in [6.07, 6.45) is 0. The minimum Gasteiger partial charge on any atom is -0.344 e. The zero-order chi connectivity index (χ0) is 15.4. The topological polar surface area (TPSA) is 80.0 Å². The van der Waals surface area contributed by atoms with Crippen LogP contribution in [0.4, 0.5) is 5.82 Å². The Kier molecular flexibility index (Phi) is 5.17. The maximum atomic E-state index is 12.3. The Morgan fingerprint density at radius 1 is 1.38 bits per heavy atom. The fraction of sp³-hybridized carbons (Fsp3) is 0.143. The maximum Gasteiger partial charge on any atom is 0.271 e. The predicted molar refractivity (Wildman–Crippen MR) is 87.1 cm³/mol. The van der Waals surface area contributed by atoms with Crippen LogP contribution in [0.2, 0.25) is 5.02 Å². The monoisotopic (exact) mass is 368 g/mol. The smallest absolute Gasteiger partial charge is 0.271 e. The molecule has 21 heavy (non-hydrogen) atoms. The number of nitrogens with two attached hydrogens (primary N) is 1. The van der Waals surface area contributed by atoms with Gasteiger partial charge in [0, 0.05) is 4.47 Å². The Balaban J connectivity index is 2.18. The average molecular weight is 370 g/mol. The number of rotatable bonds is 4. The summed E-state index contributed by atoms with van der Waals surface area (Å²) in [5.74, 6) is 5.30. The zero-order valence-electron chi connectivity index (χ0n) is 11.2. The number of anilines is 1. The molecule has 0 fully saturated rings. The van der Waals surface area contributed by atoms with E-state index in [1.807, 2.05) is 31.2 Å². The van der Waals surface area contributed by atoms with Crippen LogP contribution in [0.25, 0.3) is 0 Å². The first-order valence-electron chi connectivity index (χ1n) is 6.20. The van der Waals surface area contributed by atoms with Crippen LogP contribution >= 0.6 is 27.5 Å². The Labute approximate surface area is 136 Å². The minimum absolute atomic E-state index is 0.133. The molecule has 2 rings (SSSR count). The van der Waals surface area contributed by atoms with E-state index in [0.717, 1.165) is 10.0 Å². The number of carbonyl (C=O) groups excluding carboxylic acids is 1. The summed E-state index contributed by atoms with van der Waals surface area (Å²) in [5.41, 5.74) is 3.49. The summed E-state index contributed by atoms with van der Waals surface area (Å²) >= 11 is 9.41. The molecule has 0 aliphatic rings. The Morgan fingerprint density at radius 2 is 2.14 bits per heavy atom. The number of aromatic nitrogens is 1. The summed E-state index contributed by atoms with van der Waals surface area (Å²) < 4.78 is 0.951. The molecule has 1 heterocycles. The summed E-state index contributed by atoms with van der Waals surface area (Å²) in [5, 5.41) is 3.13. The number of hydrogen-bond donors (Lipinski definition) is 3. The Morgan fingerprint density at radius 3 is 2.81 bits per heavy atom. The van der Waals surface area contributed by atoms with Crippen LogP contribution in [0.15, 0.2) is 40.9 Å². The van der Waals surface area contributed by atoms with Crippen molar-refractivity contribution in [3.63, 3.8) is 0 Å². The number of benzene rings is 1. The quantitative estimate of drug-likeness (QED) is 0.571. The second-order valence-corrected chi connectivity index (χ2v) is 5.74. The van der Waals surface area contributed by atoms with Crippen LogP contribution in [0.1, 0.15) is 29.0 Å². The number of halogens is 2. The number of amides is 1. The molecule has 1 amide bonds. The molecule has 0 bridgehead atoms. The molecule has 0 saturated heterocycles. The highest BCUT2D eigenvalue weighted by Crippen LogP contribution is 2.20. The van der Waals surface area contributed by atoms with E-state index in [1.165, 1.54) is 0 Å². The minimum atomic E-state index is -0.357. The van der Waals surface area contributed by atoms with Crippen molar-refractivity contribution >= 4 is 39.3 Å². The lowest BCUT2D eigenvalue weighted by molar-refractivity contribution is 0.0935. The first-order valence-corrected chi connectivity index (χ1v) is 7.38. The number of nitrogens with zero attached hydrogens (tertiary/aromatic N) is 1. The summed E-state index contributed by atoms with van der Waals surface area (Å²) in [6.45, 7) is 1.89. The van der Waals surface area contributed by atoms with Gasteiger partial charge in [0.15, 0.2) is 0 Å². The second kappa shape index (κ2) is 6.89. The van der Waals surface area contributed by atoms with Gasteiger partial charge in [0.05, 0.1) is 11.1 Å². The van der Waals surface area contributed by atoms with E-state index in [-0.39, 0.29) is 22.7 Å². The molecule has 0 spiro atoms. The van der Waals surface area contributed by atoms with Crippen molar-refractivity contribution in [2.45, 2.75) is 13.0 Å². The number of carbonyl (C=O) groups is 1. The molecule has 1 unspecified atom stereocenters. The number of hydrogen-bond acceptors (Lipinski definition) is 4.